The average Bonchev–Trinajstić information content (AvgIpc) is 2.62. The van der Waals surface area contributed by atoms with Crippen molar-refractivity contribution < 1.29 is 0 Å². The minimum absolute atomic E-state index is 0.142. The van der Waals surface area contributed by atoms with E-state index in [9.17, 15) is 0 Å². The first kappa shape index (κ1) is 9.97. The molecule has 0 fully saturated rings. The second-order valence-corrected chi connectivity index (χ2v) is 4.81. The van der Waals surface area contributed by atoms with Gasteiger partial charge in [-0.05, 0) is 23.9 Å². The Labute approximate surface area is 92.5 Å². The summed E-state index contributed by atoms with van der Waals surface area (Å²) < 4.78 is 1.15. The highest BCUT2D eigenvalue weighted by Gasteiger charge is 2.09. The first-order valence-electron chi connectivity index (χ1n) is 4.66. The summed E-state index contributed by atoms with van der Waals surface area (Å²) in [5.41, 5.74) is 5.98. The molecule has 2 aromatic rings. The summed E-state index contributed by atoms with van der Waals surface area (Å²) in [6.45, 7) is 2.09. The van der Waals surface area contributed by atoms with Gasteiger partial charge in [0.05, 0.1) is 9.72 Å². The molecule has 1 aromatic heterocycles. The van der Waals surface area contributed by atoms with Gasteiger partial charge < -0.3 is 5.73 Å². The zero-order valence-electron chi connectivity index (χ0n) is 7.96. The molecule has 14 heavy (non-hydrogen) atoms. The summed E-state index contributed by atoms with van der Waals surface area (Å²) >= 11 is 7.79. The van der Waals surface area contributed by atoms with E-state index in [-0.39, 0.29) is 6.04 Å². The zero-order valence-corrected chi connectivity index (χ0v) is 9.53. The van der Waals surface area contributed by atoms with E-state index in [4.69, 9.17) is 17.3 Å². The van der Waals surface area contributed by atoms with Crippen molar-refractivity contribution in [3.8, 4) is 0 Å². The van der Waals surface area contributed by atoms with Gasteiger partial charge in [-0.3, -0.25) is 0 Å². The predicted molar refractivity (Wildman–Crippen MR) is 64.1 cm³/mol. The van der Waals surface area contributed by atoms with Crippen molar-refractivity contribution in [3.05, 3.63) is 34.2 Å². The smallest absolute Gasteiger partial charge is 0.0584 e. The molecule has 1 atom stereocenters. The van der Waals surface area contributed by atoms with Crippen molar-refractivity contribution in [1.29, 1.82) is 0 Å². The lowest BCUT2D eigenvalue weighted by Gasteiger charge is -2.03. The van der Waals surface area contributed by atoms with Gasteiger partial charge in [-0.1, -0.05) is 30.7 Å². The quantitative estimate of drug-likeness (QED) is 0.823. The third kappa shape index (κ3) is 1.65. The Morgan fingerprint density at radius 3 is 2.93 bits per heavy atom. The minimum atomic E-state index is 0.142. The van der Waals surface area contributed by atoms with Crippen molar-refractivity contribution in [2.24, 2.45) is 5.73 Å². The van der Waals surface area contributed by atoms with Crippen LogP contribution >= 0.6 is 22.9 Å². The lowest BCUT2D eigenvalue weighted by molar-refractivity contribution is 0.712. The molecule has 1 nitrogen and oxygen atoms in total. The van der Waals surface area contributed by atoms with E-state index in [1.165, 1.54) is 10.3 Å². The van der Waals surface area contributed by atoms with Crippen LogP contribution in [-0.2, 0) is 0 Å². The molecule has 1 aromatic carbocycles. The maximum absolute atomic E-state index is 6.09. The number of nitrogens with two attached hydrogens (primary N) is 1. The fourth-order valence-electron chi connectivity index (χ4n) is 1.43. The number of hydrogen-bond acceptors (Lipinski definition) is 2. The molecule has 0 aliphatic rings. The standard InChI is InChI=1S/C11H12ClNS/c1-2-9(13)10-6-7-4-3-5-8(12)11(7)14-10/h3-6,9H,2,13H2,1H3. The number of hydrogen-bond donors (Lipinski definition) is 1. The first-order chi connectivity index (χ1) is 6.72. The van der Waals surface area contributed by atoms with Gasteiger partial charge in [0.1, 0.15) is 0 Å². The van der Waals surface area contributed by atoms with Gasteiger partial charge in [0.2, 0.25) is 0 Å². The Kier molecular flexibility index (Phi) is 2.77. The van der Waals surface area contributed by atoms with Crippen molar-refractivity contribution >= 4 is 33.0 Å². The van der Waals surface area contributed by atoms with Crippen LogP contribution in [0.3, 0.4) is 0 Å². The topological polar surface area (TPSA) is 26.0 Å². The molecular weight excluding hydrogens is 214 g/mol. The van der Waals surface area contributed by atoms with E-state index >= 15 is 0 Å². The molecule has 0 spiro atoms. The predicted octanol–water partition coefficient (Wildman–Crippen LogP) is 3.96. The molecule has 0 radical (unpaired) electrons. The molecule has 0 bridgehead atoms. The Bertz CT molecular complexity index is 449. The van der Waals surface area contributed by atoms with Crippen LogP contribution in [0, 0.1) is 0 Å². The molecule has 0 aliphatic carbocycles. The van der Waals surface area contributed by atoms with Crippen LogP contribution in [0.5, 0.6) is 0 Å². The highest BCUT2D eigenvalue weighted by Crippen LogP contribution is 2.34. The average molecular weight is 226 g/mol. The molecule has 0 saturated heterocycles. The molecular formula is C11H12ClNS. The Hall–Kier alpha value is -0.570. The molecule has 0 amide bonds. The third-order valence-corrected chi connectivity index (χ3v) is 4.06. The minimum Gasteiger partial charge on any atom is -0.323 e. The summed E-state index contributed by atoms with van der Waals surface area (Å²) in [5.74, 6) is 0. The van der Waals surface area contributed by atoms with E-state index < -0.39 is 0 Å². The number of benzene rings is 1. The monoisotopic (exact) mass is 225 g/mol. The number of thiophene rings is 1. The van der Waals surface area contributed by atoms with Crippen molar-refractivity contribution in [2.45, 2.75) is 19.4 Å². The SMILES string of the molecule is CCC(N)c1cc2cccc(Cl)c2s1. The van der Waals surface area contributed by atoms with Gasteiger partial charge in [0, 0.05) is 10.9 Å². The third-order valence-electron chi connectivity index (χ3n) is 2.32. The molecule has 0 saturated carbocycles. The Balaban J connectivity index is 2.56. The lowest BCUT2D eigenvalue weighted by atomic mass is 10.2. The van der Waals surface area contributed by atoms with Gasteiger partial charge in [-0.25, -0.2) is 0 Å². The van der Waals surface area contributed by atoms with Crippen LogP contribution in [0.4, 0.5) is 0 Å². The fourth-order valence-corrected chi connectivity index (χ4v) is 2.88. The molecule has 3 heteroatoms. The van der Waals surface area contributed by atoms with Gasteiger partial charge in [-0.15, -0.1) is 11.3 Å². The van der Waals surface area contributed by atoms with E-state index in [1.807, 2.05) is 12.1 Å². The first-order valence-corrected chi connectivity index (χ1v) is 5.85. The summed E-state index contributed by atoms with van der Waals surface area (Å²) in [7, 11) is 0. The lowest BCUT2D eigenvalue weighted by Crippen LogP contribution is -2.05. The molecule has 2 rings (SSSR count). The van der Waals surface area contributed by atoms with Crippen LogP contribution in [-0.4, -0.2) is 0 Å². The summed E-state index contributed by atoms with van der Waals surface area (Å²) in [5, 5.41) is 2.02. The molecule has 0 aliphatic heterocycles. The van der Waals surface area contributed by atoms with Crippen LogP contribution in [0.25, 0.3) is 10.1 Å². The molecule has 1 heterocycles. The van der Waals surface area contributed by atoms with E-state index in [0.29, 0.717) is 0 Å². The summed E-state index contributed by atoms with van der Waals surface area (Å²) in [4.78, 5) is 1.22. The van der Waals surface area contributed by atoms with Crippen LogP contribution in [0.1, 0.15) is 24.3 Å². The number of rotatable bonds is 2. The van der Waals surface area contributed by atoms with Crippen LogP contribution in [0.2, 0.25) is 5.02 Å². The van der Waals surface area contributed by atoms with Gasteiger partial charge in [-0.2, -0.15) is 0 Å². The second kappa shape index (κ2) is 3.89. The summed E-state index contributed by atoms with van der Waals surface area (Å²) in [6, 6.07) is 8.24. The zero-order chi connectivity index (χ0) is 10.1. The van der Waals surface area contributed by atoms with Gasteiger partial charge in [0.15, 0.2) is 0 Å². The van der Waals surface area contributed by atoms with E-state index in [2.05, 4.69) is 19.1 Å². The Morgan fingerprint density at radius 1 is 1.50 bits per heavy atom. The second-order valence-electron chi connectivity index (χ2n) is 3.32. The molecule has 1 unspecified atom stereocenters. The van der Waals surface area contributed by atoms with Crippen LogP contribution < -0.4 is 5.73 Å². The van der Waals surface area contributed by atoms with Crippen molar-refractivity contribution in [1.82, 2.24) is 0 Å². The maximum Gasteiger partial charge on any atom is 0.0584 e. The van der Waals surface area contributed by atoms with E-state index in [1.54, 1.807) is 11.3 Å². The highest BCUT2D eigenvalue weighted by atomic mass is 35.5. The largest absolute Gasteiger partial charge is 0.323 e. The maximum atomic E-state index is 6.09. The van der Waals surface area contributed by atoms with Gasteiger partial charge >= 0.3 is 0 Å². The van der Waals surface area contributed by atoms with Crippen molar-refractivity contribution in [2.75, 3.05) is 0 Å². The molecule has 74 valence electrons. The van der Waals surface area contributed by atoms with Crippen LogP contribution in [0.15, 0.2) is 24.3 Å². The van der Waals surface area contributed by atoms with Crippen molar-refractivity contribution in [3.63, 3.8) is 0 Å². The highest BCUT2D eigenvalue weighted by molar-refractivity contribution is 7.19. The molecule has 2 N–H and O–H groups in total. The number of fused-ring (bicyclic) bond motifs is 1. The summed E-state index contributed by atoms with van der Waals surface area (Å²) in [6.07, 6.45) is 0.963. The van der Waals surface area contributed by atoms with Gasteiger partial charge in [0.25, 0.3) is 0 Å². The van der Waals surface area contributed by atoms with E-state index in [0.717, 1.165) is 16.1 Å². The Morgan fingerprint density at radius 2 is 2.29 bits per heavy atom. The normalized spacial score (nSPS) is 13.4. The number of halogens is 1. The fraction of sp³-hybridized carbons (Fsp3) is 0.273.